The first kappa shape index (κ1) is 15.6. The molecular formula is C18H19N5O2. The van der Waals surface area contributed by atoms with Gasteiger partial charge in [-0.2, -0.15) is 5.10 Å². The first-order chi connectivity index (χ1) is 12.2. The summed E-state index contributed by atoms with van der Waals surface area (Å²) in [4.78, 5) is 18.8. The molecule has 2 N–H and O–H groups in total. The Labute approximate surface area is 145 Å². The minimum atomic E-state index is -0.160. The van der Waals surface area contributed by atoms with Crippen LogP contribution in [0.15, 0.2) is 41.0 Å². The quantitative estimate of drug-likeness (QED) is 0.760. The summed E-state index contributed by atoms with van der Waals surface area (Å²) in [6.45, 7) is 2.23. The van der Waals surface area contributed by atoms with Gasteiger partial charge in [0.15, 0.2) is 5.69 Å². The van der Waals surface area contributed by atoms with E-state index in [0.717, 1.165) is 35.5 Å². The number of carbonyl (C=O) groups is 1. The van der Waals surface area contributed by atoms with Crippen molar-refractivity contribution in [1.82, 2.24) is 25.4 Å². The monoisotopic (exact) mass is 337 g/mol. The van der Waals surface area contributed by atoms with Crippen LogP contribution in [0.5, 0.6) is 0 Å². The molecule has 7 heteroatoms. The van der Waals surface area contributed by atoms with Crippen molar-refractivity contribution in [2.24, 2.45) is 0 Å². The third-order valence-corrected chi connectivity index (χ3v) is 4.41. The van der Waals surface area contributed by atoms with Crippen LogP contribution in [0.2, 0.25) is 0 Å². The number of aromatic amines is 1. The zero-order chi connectivity index (χ0) is 17.2. The number of oxazole rings is 1. The molecule has 25 heavy (non-hydrogen) atoms. The van der Waals surface area contributed by atoms with E-state index in [2.05, 4.69) is 25.4 Å². The highest BCUT2D eigenvalue weighted by Gasteiger charge is 2.25. The van der Waals surface area contributed by atoms with Crippen molar-refractivity contribution in [3.8, 4) is 11.5 Å². The van der Waals surface area contributed by atoms with Crippen LogP contribution in [-0.2, 0) is 19.5 Å². The van der Waals surface area contributed by atoms with Gasteiger partial charge in [-0.05, 0) is 12.1 Å². The predicted molar refractivity (Wildman–Crippen MR) is 91.7 cm³/mol. The number of aromatic nitrogens is 3. The van der Waals surface area contributed by atoms with E-state index in [9.17, 15) is 4.79 Å². The molecule has 3 aromatic rings. The van der Waals surface area contributed by atoms with Crippen LogP contribution in [-0.4, -0.2) is 39.6 Å². The average molecular weight is 337 g/mol. The molecule has 4 rings (SSSR count). The second kappa shape index (κ2) is 6.52. The molecule has 0 aliphatic carbocycles. The van der Waals surface area contributed by atoms with Gasteiger partial charge in [-0.1, -0.05) is 18.2 Å². The smallest absolute Gasteiger partial charge is 0.271 e. The summed E-state index contributed by atoms with van der Waals surface area (Å²) in [6.07, 6.45) is 2.54. The molecule has 3 heterocycles. The number of nitrogens with one attached hydrogen (secondary N) is 2. The number of hydrogen-bond acceptors (Lipinski definition) is 5. The van der Waals surface area contributed by atoms with Gasteiger partial charge in [-0.3, -0.25) is 14.8 Å². The number of fused-ring (bicyclic) bond motifs is 1. The number of carbonyl (C=O) groups excluding carboxylic acids is 1. The van der Waals surface area contributed by atoms with Crippen molar-refractivity contribution in [3.05, 3.63) is 59.2 Å². The number of hydrogen-bond donors (Lipinski definition) is 2. The Morgan fingerprint density at radius 2 is 2.20 bits per heavy atom. The summed E-state index contributed by atoms with van der Waals surface area (Å²) in [6, 6.07) is 9.84. The maximum Gasteiger partial charge on any atom is 0.271 e. The molecule has 1 aliphatic heterocycles. The Bertz CT molecular complexity index is 884. The van der Waals surface area contributed by atoms with Crippen LogP contribution in [0.4, 0.5) is 0 Å². The molecule has 0 radical (unpaired) electrons. The summed E-state index contributed by atoms with van der Waals surface area (Å²) < 4.78 is 5.61. The number of amides is 1. The van der Waals surface area contributed by atoms with Crippen molar-refractivity contribution in [2.75, 3.05) is 13.6 Å². The molecule has 7 nitrogen and oxygen atoms in total. The first-order valence-electron chi connectivity index (χ1n) is 8.25. The van der Waals surface area contributed by atoms with E-state index in [1.807, 2.05) is 30.3 Å². The molecule has 1 aromatic carbocycles. The van der Waals surface area contributed by atoms with E-state index in [1.165, 1.54) is 0 Å². The maximum atomic E-state index is 11.9. The van der Waals surface area contributed by atoms with E-state index in [0.29, 0.717) is 24.7 Å². The van der Waals surface area contributed by atoms with Gasteiger partial charge in [0.05, 0.1) is 5.69 Å². The normalized spacial score (nSPS) is 14.3. The topological polar surface area (TPSA) is 87.0 Å². The number of H-pyrrole nitrogens is 1. The zero-order valence-electron chi connectivity index (χ0n) is 14.0. The van der Waals surface area contributed by atoms with E-state index < -0.39 is 0 Å². The van der Waals surface area contributed by atoms with Crippen molar-refractivity contribution in [3.63, 3.8) is 0 Å². The number of nitrogens with zero attached hydrogens (tertiary/aromatic N) is 3. The summed E-state index contributed by atoms with van der Waals surface area (Å²) in [5.41, 5.74) is 4.34. The SMILES string of the molecule is CNC(=O)c1n[nH]c2c1CN(Cc1coc(-c3ccccc3)n1)CC2. The van der Waals surface area contributed by atoms with Crippen molar-refractivity contribution < 1.29 is 9.21 Å². The minimum Gasteiger partial charge on any atom is -0.444 e. The standard InChI is InChI=1S/C18H19N5O2/c1-19-17(24)16-14-10-23(8-7-15(14)21-22-16)9-13-11-25-18(20-13)12-5-3-2-4-6-12/h2-6,11H,7-10H2,1H3,(H,19,24)(H,21,22). The Kier molecular flexibility index (Phi) is 4.07. The lowest BCUT2D eigenvalue weighted by atomic mass is 10.0. The van der Waals surface area contributed by atoms with Gasteiger partial charge in [-0.25, -0.2) is 4.98 Å². The molecular weight excluding hydrogens is 318 g/mol. The highest BCUT2D eigenvalue weighted by atomic mass is 16.3. The summed E-state index contributed by atoms with van der Waals surface area (Å²) in [5, 5.41) is 9.77. The molecule has 1 amide bonds. The third kappa shape index (κ3) is 3.06. The Balaban J connectivity index is 1.49. The van der Waals surface area contributed by atoms with Crippen LogP contribution in [0.3, 0.4) is 0 Å². The molecule has 1 aliphatic rings. The molecule has 0 saturated carbocycles. The lowest BCUT2D eigenvalue weighted by Gasteiger charge is -2.25. The fraction of sp³-hybridized carbons (Fsp3) is 0.278. The summed E-state index contributed by atoms with van der Waals surface area (Å²) in [7, 11) is 1.62. The second-order valence-electron chi connectivity index (χ2n) is 6.08. The highest BCUT2D eigenvalue weighted by molar-refractivity contribution is 5.93. The number of benzene rings is 1. The van der Waals surface area contributed by atoms with E-state index in [-0.39, 0.29) is 5.91 Å². The molecule has 2 aromatic heterocycles. The Morgan fingerprint density at radius 1 is 1.36 bits per heavy atom. The third-order valence-electron chi connectivity index (χ3n) is 4.41. The summed E-state index contributed by atoms with van der Waals surface area (Å²) >= 11 is 0. The zero-order valence-corrected chi connectivity index (χ0v) is 14.0. The van der Waals surface area contributed by atoms with Crippen molar-refractivity contribution in [2.45, 2.75) is 19.5 Å². The molecule has 128 valence electrons. The molecule has 0 spiro atoms. The second-order valence-corrected chi connectivity index (χ2v) is 6.08. The Morgan fingerprint density at radius 3 is 3.00 bits per heavy atom. The molecule has 0 atom stereocenters. The lowest BCUT2D eigenvalue weighted by molar-refractivity contribution is 0.0955. The van der Waals surface area contributed by atoms with Gasteiger partial charge in [0.2, 0.25) is 5.89 Å². The van der Waals surface area contributed by atoms with Gasteiger partial charge in [0, 0.05) is 49.9 Å². The highest BCUT2D eigenvalue weighted by Crippen LogP contribution is 2.23. The van der Waals surface area contributed by atoms with Crippen LogP contribution >= 0.6 is 0 Å². The van der Waals surface area contributed by atoms with Crippen LogP contribution in [0.1, 0.15) is 27.4 Å². The van der Waals surface area contributed by atoms with E-state index in [4.69, 9.17) is 4.42 Å². The van der Waals surface area contributed by atoms with Crippen molar-refractivity contribution >= 4 is 5.91 Å². The average Bonchev–Trinajstić information content (AvgIpc) is 3.28. The fourth-order valence-corrected chi connectivity index (χ4v) is 3.11. The van der Waals surface area contributed by atoms with Gasteiger partial charge in [0.1, 0.15) is 6.26 Å². The first-order valence-corrected chi connectivity index (χ1v) is 8.25. The van der Waals surface area contributed by atoms with Crippen LogP contribution in [0, 0.1) is 0 Å². The fourth-order valence-electron chi connectivity index (χ4n) is 3.11. The van der Waals surface area contributed by atoms with Crippen LogP contribution in [0.25, 0.3) is 11.5 Å². The van der Waals surface area contributed by atoms with E-state index >= 15 is 0 Å². The van der Waals surface area contributed by atoms with Gasteiger partial charge in [-0.15, -0.1) is 0 Å². The lowest BCUT2D eigenvalue weighted by Crippen LogP contribution is -2.31. The summed E-state index contributed by atoms with van der Waals surface area (Å²) in [5.74, 6) is 0.467. The Hall–Kier alpha value is -2.93. The van der Waals surface area contributed by atoms with Gasteiger partial charge in [0.25, 0.3) is 5.91 Å². The number of rotatable bonds is 4. The van der Waals surface area contributed by atoms with Crippen LogP contribution < -0.4 is 5.32 Å². The maximum absolute atomic E-state index is 11.9. The molecule has 0 fully saturated rings. The molecule has 0 bridgehead atoms. The van der Waals surface area contributed by atoms with Gasteiger partial charge < -0.3 is 9.73 Å². The largest absolute Gasteiger partial charge is 0.444 e. The molecule has 0 unspecified atom stereocenters. The minimum absolute atomic E-state index is 0.160. The van der Waals surface area contributed by atoms with E-state index in [1.54, 1.807) is 13.3 Å². The predicted octanol–water partition coefficient (Wildman–Crippen LogP) is 1.98. The van der Waals surface area contributed by atoms with Gasteiger partial charge >= 0.3 is 0 Å². The van der Waals surface area contributed by atoms with Crippen molar-refractivity contribution in [1.29, 1.82) is 0 Å². The molecule has 0 saturated heterocycles.